The molecule has 0 aliphatic heterocycles. The molecule has 4 fully saturated rings. The Bertz CT molecular complexity index is 884. The Balaban J connectivity index is 1.67. The van der Waals surface area contributed by atoms with Crippen molar-refractivity contribution in [2.24, 2.45) is 11.8 Å². The molecule has 5 nitrogen and oxygen atoms in total. The van der Waals surface area contributed by atoms with Crippen LogP contribution in [0.3, 0.4) is 0 Å². The van der Waals surface area contributed by atoms with Crippen LogP contribution in [0, 0.1) is 11.8 Å². The normalized spacial score (nSPS) is 35.5. The van der Waals surface area contributed by atoms with Gasteiger partial charge in [0.25, 0.3) is 10.1 Å². The Kier molecular flexibility index (Phi) is 4.67. The topological polar surface area (TPSA) is 80.7 Å². The Hall–Kier alpha value is 0.0400. The highest BCUT2D eigenvalue weighted by atomic mass is 79.9. The van der Waals surface area contributed by atoms with Crippen molar-refractivity contribution in [2.45, 2.75) is 48.9 Å². The molecule has 142 valence electrons. The quantitative estimate of drug-likeness (QED) is 0.309. The molecule has 2 unspecified atom stereocenters. The molecule has 0 saturated heterocycles. The molecule has 4 saturated carbocycles. The van der Waals surface area contributed by atoms with Gasteiger partial charge in [0.15, 0.2) is 0 Å². The van der Waals surface area contributed by atoms with Crippen LogP contribution in [0.25, 0.3) is 0 Å². The zero-order valence-electron chi connectivity index (χ0n) is 13.7. The fourth-order valence-corrected chi connectivity index (χ4v) is 8.43. The Morgan fingerprint density at radius 3 is 2.31 bits per heavy atom. The molecule has 0 radical (unpaired) electrons. The number of ether oxygens (including phenoxy) is 1. The van der Waals surface area contributed by atoms with Gasteiger partial charge in [0.1, 0.15) is 10.3 Å². The minimum atomic E-state index is -4.20. The van der Waals surface area contributed by atoms with Crippen LogP contribution in [0.2, 0.25) is 0 Å². The Morgan fingerprint density at radius 2 is 1.73 bits per heavy atom. The molecule has 1 aromatic rings. The number of rotatable bonds is 3. The van der Waals surface area contributed by atoms with Crippen LogP contribution in [-0.4, -0.2) is 29.3 Å². The number of carbonyl (C=O) groups excluding carboxylic acids is 1. The van der Waals surface area contributed by atoms with E-state index in [0.29, 0.717) is 35.7 Å². The molecular formula is C17H17Br3O5S. The van der Waals surface area contributed by atoms with Gasteiger partial charge in [0, 0.05) is 19.8 Å². The molecule has 0 heterocycles. The third-order valence-corrected chi connectivity index (χ3v) is 10.1. The molecule has 1 N–H and O–H groups in total. The molecule has 4 aliphatic carbocycles. The van der Waals surface area contributed by atoms with Crippen LogP contribution in [-0.2, 0) is 14.9 Å². The lowest BCUT2D eigenvalue weighted by atomic mass is 9.53. The zero-order chi connectivity index (χ0) is 18.9. The van der Waals surface area contributed by atoms with Crippen LogP contribution in [0.15, 0.2) is 25.6 Å². The molecule has 26 heavy (non-hydrogen) atoms. The molecule has 2 atom stereocenters. The van der Waals surface area contributed by atoms with E-state index in [0.717, 1.165) is 15.4 Å². The minimum Gasteiger partial charge on any atom is -0.455 e. The SMILES string of the molecule is O=C(OC12CC3CC(C1)CC(S(=O)(=O)O)(C3)C2)c1cc(Br)cc(Br)c1Br. The molecular weight excluding hydrogens is 556 g/mol. The van der Waals surface area contributed by atoms with Gasteiger partial charge < -0.3 is 4.74 Å². The van der Waals surface area contributed by atoms with Crippen LogP contribution < -0.4 is 0 Å². The van der Waals surface area contributed by atoms with Gasteiger partial charge in [-0.1, -0.05) is 15.9 Å². The molecule has 0 aromatic heterocycles. The van der Waals surface area contributed by atoms with Crippen molar-refractivity contribution in [3.05, 3.63) is 31.1 Å². The maximum absolute atomic E-state index is 12.9. The van der Waals surface area contributed by atoms with Crippen LogP contribution in [0.1, 0.15) is 48.9 Å². The number of hydrogen-bond acceptors (Lipinski definition) is 4. The summed E-state index contributed by atoms with van der Waals surface area (Å²) in [7, 11) is -4.20. The van der Waals surface area contributed by atoms with Crippen molar-refractivity contribution in [3.8, 4) is 0 Å². The van der Waals surface area contributed by atoms with E-state index in [1.54, 1.807) is 6.07 Å². The number of benzene rings is 1. The van der Waals surface area contributed by atoms with E-state index in [9.17, 15) is 17.8 Å². The highest BCUT2D eigenvalue weighted by molar-refractivity contribution is 9.13. The van der Waals surface area contributed by atoms with Gasteiger partial charge in [-0.3, -0.25) is 4.55 Å². The van der Waals surface area contributed by atoms with Gasteiger partial charge in [-0.15, -0.1) is 0 Å². The summed E-state index contributed by atoms with van der Waals surface area (Å²) in [6.07, 6.45) is 3.40. The summed E-state index contributed by atoms with van der Waals surface area (Å²) >= 11 is 10.2. The molecule has 9 heteroatoms. The van der Waals surface area contributed by atoms with Gasteiger partial charge in [-0.25, -0.2) is 4.79 Å². The average Bonchev–Trinajstić information content (AvgIpc) is 2.47. The van der Waals surface area contributed by atoms with E-state index >= 15 is 0 Å². The van der Waals surface area contributed by atoms with Gasteiger partial charge in [-0.2, -0.15) is 8.42 Å². The molecule has 4 aliphatic rings. The fourth-order valence-electron chi connectivity index (χ4n) is 5.47. The molecule has 0 amide bonds. The summed E-state index contributed by atoms with van der Waals surface area (Å²) in [5.41, 5.74) is -0.437. The second-order valence-electron chi connectivity index (χ2n) is 7.94. The number of halogens is 3. The Morgan fingerprint density at radius 1 is 1.12 bits per heavy atom. The van der Waals surface area contributed by atoms with Crippen molar-refractivity contribution < 1.29 is 22.5 Å². The summed E-state index contributed by atoms with van der Waals surface area (Å²) in [6.45, 7) is 0. The molecule has 4 bridgehead atoms. The van der Waals surface area contributed by atoms with E-state index in [-0.39, 0.29) is 18.3 Å². The monoisotopic (exact) mass is 570 g/mol. The van der Waals surface area contributed by atoms with E-state index in [1.807, 2.05) is 6.07 Å². The number of esters is 1. The largest absolute Gasteiger partial charge is 0.455 e. The first-order valence-electron chi connectivity index (χ1n) is 8.37. The average molecular weight is 573 g/mol. The van der Waals surface area contributed by atoms with E-state index < -0.39 is 26.4 Å². The second-order valence-corrected chi connectivity index (χ2v) is 12.3. The van der Waals surface area contributed by atoms with E-state index in [4.69, 9.17) is 4.74 Å². The smallest absolute Gasteiger partial charge is 0.339 e. The first kappa shape index (κ1) is 19.4. The van der Waals surface area contributed by atoms with Gasteiger partial charge in [0.2, 0.25) is 0 Å². The van der Waals surface area contributed by atoms with Crippen molar-refractivity contribution in [2.75, 3.05) is 0 Å². The summed E-state index contributed by atoms with van der Waals surface area (Å²) in [4.78, 5) is 12.9. The number of hydrogen-bond donors (Lipinski definition) is 1. The summed E-state index contributed by atoms with van der Waals surface area (Å²) in [5.74, 6) is -0.140. The molecule has 5 rings (SSSR count). The summed E-state index contributed by atoms with van der Waals surface area (Å²) in [6, 6.07) is 3.50. The molecule has 1 aromatic carbocycles. The highest BCUT2D eigenvalue weighted by Crippen LogP contribution is 2.61. The summed E-state index contributed by atoms with van der Waals surface area (Å²) < 4.78 is 41.0. The lowest BCUT2D eigenvalue weighted by Crippen LogP contribution is -2.63. The lowest BCUT2D eigenvalue weighted by molar-refractivity contribution is -0.125. The van der Waals surface area contributed by atoms with Crippen molar-refractivity contribution in [3.63, 3.8) is 0 Å². The third-order valence-electron chi connectivity index (χ3n) is 6.02. The summed E-state index contributed by atoms with van der Waals surface area (Å²) in [5, 5.41) is 0. The third kappa shape index (κ3) is 3.11. The molecule has 0 spiro atoms. The van der Waals surface area contributed by atoms with Gasteiger partial charge in [-0.05, 0) is 87.9 Å². The predicted octanol–water partition coefficient (Wildman–Crippen LogP) is 5.11. The minimum absolute atomic E-state index is 0.170. The standard InChI is InChI=1S/C17H17Br3O5S/c18-11-2-12(14(20)13(19)3-11)15(21)25-16-4-9-1-10(5-16)7-17(6-9,8-16)26(22,23)24/h2-3,9-10H,1,4-8H2,(H,22,23,24). The second kappa shape index (κ2) is 6.27. The maximum atomic E-state index is 12.9. The van der Waals surface area contributed by atoms with E-state index in [1.165, 1.54) is 0 Å². The lowest BCUT2D eigenvalue weighted by Gasteiger charge is -2.59. The Labute approximate surface area is 177 Å². The van der Waals surface area contributed by atoms with Crippen molar-refractivity contribution in [1.29, 1.82) is 0 Å². The first-order valence-corrected chi connectivity index (χ1v) is 12.2. The van der Waals surface area contributed by atoms with Crippen LogP contribution in [0.5, 0.6) is 0 Å². The van der Waals surface area contributed by atoms with Crippen LogP contribution >= 0.6 is 47.8 Å². The first-order chi connectivity index (χ1) is 12.0. The predicted molar refractivity (Wildman–Crippen MR) is 107 cm³/mol. The van der Waals surface area contributed by atoms with Gasteiger partial charge in [0.05, 0.1) is 5.56 Å². The number of carbonyl (C=O) groups is 1. The van der Waals surface area contributed by atoms with Gasteiger partial charge >= 0.3 is 5.97 Å². The zero-order valence-corrected chi connectivity index (χ0v) is 19.2. The highest BCUT2D eigenvalue weighted by Gasteiger charge is 2.64. The van der Waals surface area contributed by atoms with E-state index in [2.05, 4.69) is 47.8 Å². The fraction of sp³-hybridized carbons (Fsp3) is 0.588. The van der Waals surface area contributed by atoms with Crippen LogP contribution in [0.4, 0.5) is 0 Å². The maximum Gasteiger partial charge on any atom is 0.339 e. The van der Waals surface area contributed by atoms with Crippen molar-refractivity contribution >= 4 is 63.9 Å². The van der Waals surface area contributed by atoms with Crippen molar-refractivity contribution in [1.82, 2.24) is 0 Å².